The smallest absolute Gasteiger partial charge is 0.289 e. The third-order valence-corrected chi connectivity index (χ3v) is 4.31. The van der Waals surface area contributed by atoms with Crippen LogP contribution in [-0.4, -0.2) is 60.7 Å². The van der Waals surface area contributed by atoms with Crippen molar-refractivity contribution in [3.63, 3.8) is 0 Å². The summed E-state index contributed by atoms with van der Waals surface area (Å²) in [6.07, 6.45) is 4.84. The van der Waals surface area contributed by atoms with E-state index in [1.54, 1.807) is 21.9 Å². The molecule has 0 aliphatic carbocycles. The molecule has 0 spiro atoms. The molecule has 1 N–H and O–H groups in total. The average Bonchev–Trinajstić information content (AvgIpc) is 3.15. The van der Waals surface area contributed by atoms with Gasteiger partial charge in [-0.1, -0.05) is 19.8 Å². The van der Waals surface area contributed by atoms with Crippen molar-refractivity contribution in [2.24, 2.45) is 5.92 Å². The number of rotatable bonds is 8. The Morgan fingerprint density at radius 1 is 1.29 bits per heavy atom. The first kappa shape index (κ1) is 18.0. The highest BCUT2D eigenvalue weighted by Gasteiger charge is 2.29. The van der Waals surface area contributed by atoms with Gasteiger partial charge >= 0.3 is 0 Å². The normalized spacial score (nSPS) is 15.9. The number of piperazine rings is 1. The van der Waals surface area contributed by atoms with E-state index in [0.29, 0.717) is 44.9 Å². The molecule has 1 fully saturated rings. The van der Waals surface area contributed by atoms with Crippen LogP contribution in [0.2, 0.25) is 0 Å². The summed E-state index contributed by atoms with van der Waals surface area (Å²) in [6, 6.07) is 3.33. The zero-order valence-corrected chi connectivity index (χ0v) is 14.1. The maximum Gasteiger partial charge on any atom is 0.289 e. The van der Waals surface area contributed by atoms with Gasteiger partial charge in [0.1, 0.15) is 0 Å². The van der Waals surface area contributed by atoms with Crippen molar-refractivity contribution < 1.29 is 18.8 Å². The van der Waals surface area contributed by atoms with Gasteiger partial charge in [-0.25, -0.2) is 0 Å². The van der Waals surface area contributed by atoms with Gasteiger partial charge in [0.15, 0.2) is 5.76 Å². The fourth-order valence-electron chi connectivity index (χ4n) is 2.90. The van der Waals surface area contributed by atoms with E-state index in [4.69, 9.17) is 4.42 Å². The number of carbonyl (C=O) groups is 3. The van der Waals surface area contributed by atoms with E-state index in [1.165, 1.54) is 6.26 Å². The van der Waals surface area contributed by atoms with Gasteiger partial charge in [0, 0.05) is 32.7 Å². The minimum atomic E-state index is -0.192. The van der Waals surface area contributed by atoms with E-state index in [-0.39, 0.29) is 17.7 Å². The van der Waals surface area contributed by atoms with E-state index in [2.05, 4.69) is 12.2 Å². The van der Waals surface area contributed by atoms with Crippen LogP contribution in [0.4, 0.5) is 0 Å². The number of furan rings is 1. The van der Waals surface area contributed by atoms with Crippen LogP contribution in [0, 0.1) is 5.92 Å². The van der Waals surface area contributed by atoms with Gasteiger partial charge in [-0.05, 0) is 18.6 Å². The van der Waals surface area contributed by atoms with Gasteiger partial charge < -0.3 is 19.5 Å². The number of unbranched alkanes of at least 4 members (excludes halogenated alkanes) is 1. The fourth-order valence-corrected chi connectivity index (χ4v) is 2.90. The predicted octanol–water partition coefficient (Wildman–Crippen LogP) is 1.12. The summed E-state index contributed by atoms with van der Waals surface area (Å²) in [5.41, 5.74) is 0. The Hall–Kier alpha value is -2.31. The highest BCUT2D eigenvalue weighted by Crippen LogP contribution is 2.15. The summed E-state index contributed by atoms with van der Waals surface area (Å²) < 4.78 is 5.14. The van der Waals surface area contributed by atoms with Crippen LogP contribution in [0.25, 0.3) is 0 Å². The van der Waals surface area contributed by atoms with E-state index in [0.717, 1.165) is 19.3 Å². The summed E-state index contributed by atoms with van der Waals surface area (Å²) in [5.74, 6) is 0.0495. The molecule has 1 unspecified atom stereocenters. The molecule has 1 aromatic heterocycles. The third kappa shape index (κ3) is 4.59. The van der Waals surface area contributed by atoms with Crippen LogP contribution in [-0.2, 0) is 9.59 Å². The molecule has 0 bridgehead atoms. The second-order valence-corrected chi connectivity index (χ2v) is 5.96. The summed E-state index contributed by atoms with van der Waals surface area (Å²) >= 11 is 0. The zero-order chi connectivity index (χ0) is 17.4. The maximum atomic E-state index is 12.7. The molecule has 7 heteroatoms. The lowest BCUT2D eigenvalue weighted by Crippen LogP contribution is -2.52. The zero-order valence-electron chi connectivity index (χ0n) is 14.1. The summed E-state index contributed by atoms with van der Waals surface area (Å²) in [7, 11) is 0. The quantitative estimate of drug-likeness (QED) is 0.722. The molecule has 0 saturated carbocycles. The average molecular weight is 335 g/mol. The van der Waals surface area contributed by atoms with Crippen LogP contribution >= 0.6 is 0 Å². The topological polar surface area (TPSA) is 82.9 Å². The first-order chi connectivity index (χ1) is 11.7. The number of carbonyl (C=O) groups excluding carboxylic acids is 3. The Labute approximate surface area is 142 Å². The number of nitrogens with zero attached hydrogens (tertiary/aromatic N) is 2. The molecule has 2 heterocycles. The van der Waals surface area contributed by atoms with Crippen LogP contribution in [0.1, 0.15) is 36.7 Å². The molecule has 1 atom stereocenters. The van der Waals surface area contributed by atoms with Crippen molar-refractivity contribution in [3.05, 3.63) is 24.2 Å². The van der Waals surface area contributed by atoms with Crippen LogP contribution in [0.3, 0.4) is 0 Å². The molecule has 1 aliphatic heterocycles. The third-order valence-electron chi connectivity index (χ3n) is 4.31. The summed E-state index contributed by atoms with van der Waals surface area (Å²) in [5, 5.41) is 2.62. The molecule has 3 amide bonds. The highest BCUT2D eigenvalue weighted by atomic mass is 16.3. The number of hydrogen-bond acceptors (Lipinski definition) is 4. The highest BCUT2D eigenvalue weighted by molar-refractivity contribution is 5.91. The molecule has 1 aromatic rings. The van der Waals surface area contributed by atoms with Crippen LogP contribution in [0.5, 0.6) is 0 Å². The van der Waals surface area contributed by atoms with Crippen molar-refractivity contribution in [2.75, 3.05) is 32.7 Å². The molecule has 2 rings (SSSR count). The minimum absolute atomic E-state index is 0.0582. The van der Waals surface area contributed by atoms with E-state index >= 15 is 0 Å². The van der Waals surface area contributed by atoms with Crippen molar-refractivity contribution in [1.29, 1.82) is 0 Å². The van der Waals surface area contributed by atoms with Gasteiger partial charge in [-0.15, -0.1) is 0 Å². The number of hydrogen-bond donors (Lipinski definition) is 1. The fraction of sp³-hybridized carbons (Fsp3) is 0.588. The van der Waals surface area contributed by atoms with Crippen LogP contribution < -0.4 is 5.32 Å². The van der Waals surface area contributed by atoms with Gasteiger partial charge in [0.25, 0.3) is 5.91 Å². The molecule has 24 heavy (non-hydrogen) atoms. The molecule has 132 valence electrons. The van der Waals surface area contributed by atoms with E-state index in [9.17, 15) is 14.4 Å². The molecule has 7 nitrogen and oxygen atoms in total. The minimum Gasteiger partial charge on any atom is -0.459 e. The molecular weight excluding hydrogens is 310 g/mol. The van der Waals surface area contributed by atoms with E-state index < -0.39 is 0 Å². The van der Waals surface area contributed by atoms with Gasteiger partial charge in [-0.2, -0.15) is 0 Å². The molecular formula is C17H25N3O4. The predicted molar refractivity (Wildman–Crippen MR) is 88.3 cm³/mol. The molecule has 1 aliphatic rings. The van der Waals surface area contributed by atoms with Gasteiger partial charge in [0.05, 0.1) is 12.2 Å². The van der Waals surface area contributed by atoms with Gasteiger partial charge in [-0.3, -0.25) is 14.4 Å². The second kappa shape index (κ2) is 9.10. The van der Waals surface area contributed by atoms with Gasteiger partial charge in [0.2, 0.25) is 12.3 Å². The second-order valence-electron chi connectivity index (χ2n) is 5.96. The Balaban J connectivity index is 1.88. The number of nitrogens with one attached hydrogen (secondary N) is 1. The SMILES string of the molecule is CCCCC(CNC=O)C(=O)N1CCN(C(=O)c2ccco2)CC1. The van der Waals surface area contributed by atoms with Crippen molar-refractivity contribution in [2.45, 2.75) is 26.2 Å². The Morgan fingerprint density at radius 2 is 2.00 bits per heavy atom. The maximum absolute atomic E-state index is 12.7. The largest absolute Gasteiger partial charge is 0.459 e. The Kier molecular flexibility index (Phi) is 6.84. The van der Waals surface area contributed by atoms with Crippen molar-refractivity contribution >= 4 is 18.2 Å². The molecule has 1 saturated heterocycles. The van der Waals surface area contributed by atoms with Crippen molar-refractivity contribution in [3.8, 4) is 0 Å². The summed E-state index contributed by atoms with van der Waals surface area (Å²) in [4.78, 5) is 38.9. The summed E-state index contributed by atoms with van der Waals surface area (Å²) in [6.45, 7) is 4.45. The van der Waals surface area contributed by atoms with E-state index in [1.807, 2.05) is 0 Å². The molecule has 0 radical (unpaired) electrons. The Morgan fingerprint density at radius 3 is 2.58 bits per heavy atom. The monoisotopic (exact) mass is 335 g/mol. The number of amides is 3. The lowest BCUT2D eigenvalue weighted by Gasteiger charge is -2.36. The Bertz CT molecular complexity index is 536. The lowest BCUT2D eigenvalue weighted by molar-refractivity contribution is -0.137. The first-order valence-electron chi connectivity index (χ1n) is 8.46. The van der Waals surface area contributed by atoms with Crippen LogP contribution in [0.15, 0.2) is 22.8 Å². The first-order valence-corrected chi connectivity index (χ1v) is 8.46. The standard InChI is InChI=1S/C17H25N3O4/c1-2-3-5-14(12-18-13-21)16(22)19-7-9-20(10-8-19)17(23)15-6-4-11-24-15/h4,6,11,13-14H,2-3,5,7-10,12H2,1H3,(H,18,21). The molecule has 0 aromatic carbocycles. The lowest BCUT2D eigenvalue weighted by atomic mass is 10.00. The van der Waals surface area contributed by atoms with Crippen molar-refractivity contribution in [1.82, 2.24) is 15.1 Å².